The molecule has 2 heterocycles. The van der Waals surface area contributed by atoms with Crippen molar-refractivity contribution in [2.75, 3.05) is 13.1 Å². The average molecular weight is 283 g/mol. The fraction of sp³-hybridized carbons (Fsp3) is 0.333. The highest BCUT2D eigenvalue weighted by Gasteiger charge is 2.02. The van der Waals surface area contributed by atoms with Gasteiger partial charge in [0.2, 0.25) is 5.82 Å². The fourth-order valence-electron chi connectivity index (χ4n) is 1.64. The molecule has 0 aromatic carbocycles. The molecule has 0 unspecified atom stereocenters. The predicted octanol–water partition coefficient (Wildman–Crippen LogP) is 0.570. The Kier molecular flexibility index (Phi) is 4.64. The van der Waals surface area contributed by atoms with E-state index >= 15 is 0 Å². The van der Waals surface area contributed by atoms with Crippen LogP contribution in [0.3, 0.4) is 0 Å². The molecule has 7 heteroatoms. The lowest BCUT2D eigenvalue weighted by Crippen LogP contribution is -2.34. The van der Waals surface area contributed by atoms with Gasteiger partial charge in [-0.2, -0.15) is 4.39 Å². The van der Waals surface area contributed by atoms with Gasteiger partial charge in [0.15, 0.2) is 0 Å². The Hall–Kier alpha value is -1.73. The van der Waals surface area contributed by atoms with Crippen LogP contribution < -0.4 is 16.6 Å². The number of hydrogen-bond donors (Lipinski definition) is 2. The molecule has 0 aliphatic heterocycles. The molecule has 0 fully saturated rings. The number of thiophene rings is 1. The van der Waals surface area contributed by atoms with Crippen LogP contribution >= 0.6 is 11.3 Å². The molecule has 0 aliphatic rings. The molecule has 2 N–H and O–H groups in total. The highest BCUT2D eigenvalue weighted by atomic mass is 32.1. The molecular formula is C12H14FN3O2S. The van der Waals surface area contributed by atoms with Crippen LogP contribution in [-0.4, -0.2) is 22.6 Å². The highest BCUT2D eigenvalue weighted by molar-refractivity contribution is 7.09. The minimum absolute atomic E-state index is 0.316. The van der Waals surface area contributed by atoms with Gasteiger partial charge >= 0.3 is 5.69 Å². The third-order valence-electron chi connectivity index (χ3n) is 2.63. The van der Waals surface area contributed by atoms with Gasteiger partial charge in [-0.1, -0.05) is 6.07 Å². The summed E-state index contributed by atoms with van der Waals surface area (Å²) in [5.74, 6) is -0.946. The van der Waals surface area contributed by atoms with Crippen molar-refractivity contribution < 1.29 is 4.39 Å². The number of aromatic amines is 1. The molecule has 0 spiro atoms. The first-order chi connectivity index (χ1) is 9.16. The maximum absolute atomic E-state index is 13.0. The van der Waals surface area contributed by atoms with E-state index in [2.05, 4.69) is 11.4 Å². The summed E-state index contributed by atoms with van der Waals surface area (Å²) in [4.78, 5) is 25.4. The number of hydrogen-bond acceptors (Lipinski definition) is 4. The molecule has 102 valence electrons. The zero-order chi connectivity index (χ0) is 13.7. The number of halogens is 1. The van der Waals surface area contributed by atoms with Gasteiger partial charge < -0.3 is 5.32 Å². The smallest absolute Gasteiger partial charge is 0.315 e. The topological polar surface area (TPSA) is 66.9 Å². The third-order valence-corrected chi connectivity index (χ3v) is 3.56. The normalized spacial score (nSPS) is 10.8. The van der Waals surface area contributed by atoms with Crippen LogP contribution in [0.2, 0.25) is 0 Å². The fourth-order valence-corrected chi connectivity index (χ4v) is 2.35. The van der Waals surface area contributed by atoms with Crippen molar-refractivity contribution in [2.24, 2.45) is 0 Å². The van der Waals surface area contributed by atoms with Crippen LogP contribution in [-0.2, 0) is 13.0 Å². The van der Waals surface area contributed by atoms with E-state index in [1.54, 1.807) is 11.3 Å². The number of aromatic nitrogens is 2. The van der Waals surface area contributed by atoms with Gasteiger partial charge in [0, 0.05) is 24.5 Å². The summed E-state index contributed by atoms with van der Waals surface area (Å²) >= 11 is 1.70. The number of rotatable bonds is 6. The Balaban J connectivity index is 1.78. The predicted molar refractivity (Wildman–Crippen MR) is 72.2 cm³/mol. The van der Waals surface area contributed by atoms with Crippen LogP contribution in [0.25, 0.3) is 0 Å². The summed E-state index contributed by atoms with van der Waals surface area (Å²) in [7, 11) is 0. The molecule has 2 aromatic rings. The van der Waals surface area contributed by atoms with Crippen LogP contribution in [0.5, 0.6) is 0 Å². The zero-order valence-corrected chi connectivity index (χ0v) is 11.0. The van der Waals surface area contributed by atoms with Gasteiger partial charge in [-0.05, 0) is 17.9 Å². The lowest BCUT2D eigenvalue weighted by atomic mass is 10.3. The van der Waals surface area contributed by atoms with Crippen molar-refractivity contribution in [3.63, 3.8) is 0 Å². The molecule has 5 nitrogen and oxygen atoms in total. The van der Waals surface area contributed by atoms with Gasteiger partial charge in [0.05, 0.1) is 6.20 Å². The largest absolute Gasteiger partial charge is 0.328 e. The van der Waals surface area contributed by atoms with Crippen molar-refractivity contribution in [3.05, 3.63) is 55.2 Å². The third kappa shape index (κ3) is 3.87. The number of nitrogens with one attached hydrogen (secondary N) is 2. The van der Waals surface area contributed by atoms with Crippen molar-refractivity contribution in [3.8, 4) is 0 Å². The van der Waals surface area contributed by atoms with E-state index < -0.39 is 17.1 Å². The van der Waals surface area contributed by atoms with E-state index in [1.165, 1.54) is 4.88 Å². The second-order valence-electron chi connectivity index (χ2n) is 4.01. The van der Waals surface area contributed by atoms with E-state index in [-0.39, 0.29) is 0 Å². The second-order valence-corrected chi connectivity index (χ2v) is 5.04. The first kappa shape index (κ1) is 13.7. The monoisotopic (exact) mass is 283 g/mol. The Morgan fingerprint density at radius 3 is 2.95 bits per heavy atom. The number of nitrogens with zero attached hydrogens (tertiary/aromatic N) is 1. The Labute approximate surface area is 112 Å². The summed E-state index contributed by atoms with van der Waals surface area (Å²) in [5, 5.41) is 5.19. The van der Waals surface area contributed by atoms with Crippen LogP contribution in [0.15, 0.2) is 33.3 Å². The Morgan fingerprint density at radius 2 is 2.21 bits per heavy atom. The summed E-state index contributed by atoms with van der Waals surface area (Å²) < 4.78 is 14.1. The first-order valence-corrected chi connectivity index (χ1v) is 6.77. The van der Waals surface area contributed by atoms with Crippen molar-refractivity contribution >= 4 is 11.3 Å². The number of H-pyrrole nitrogens is 1. The van der Waals surface area contributed by atoms with E-state index in [0.29, 0.717) is 13.1 Å². The maximum atomic E-state index is 13.0. The lowest BCUT2D eigenvalue weighted by molar-refractivity contribution is 0.531. The van der Waals surface area contributed by atoms with Crippen molar-refractivity contribution in [1.82, 2.24) is 14.9 Å². The summed E-state index contributed by atoms with van der Waals surface area (Å²) in [6, 6.07) is 4.07. The highest BCUT2D eigenvalue weighted by Crippen LogP contribution is 2.07. The minimum Gasteiger partial charge on any atom is -0.315 e. The van der Waals surface area contributed by atoms with E-state index in [0.717, 1.165) is 23.7 Å². The van der Waals surface area contributed by atoms with Gasteiger partial charge in [0.25, 0.3) is 5.56 Å². The molecular weight excluding hydrogens is 269 g/mol. The van der Waals surface area contributed by atoms with Crippen molar-refractivity contribution in [1.29, 1.82) is 0 Å². The standard InChI is InChI=1S/C12H14FN3O2S/c13-10-8-16(12(18)15-11(10)17)6-5-14-4-3-9-2-1-7-19-9/h1-2,7-8,14H,3-6H2,(H,15,17,18). The quantitative estimate of drug-likeness (QED) is 0.762. The van der Waals surface area contributed by atoms with E-state index in [1.807, 2.05) is 16.4 Å². The van der Waals surface area contributed by atoms with E-state index in [4.69, 9.17) is 0 Å². The molecule has 2 rings (SSSR count). The van der Waals surface area contributed by atoms with Crippen LogP contribution in [0, 0.1) is 5.82 Å². The molecule has 0 saturated carbocycles. The molecule has 0 radical (unpaired) electrons. The maximum Gasteiger partial charge on any atom is 0.328 e. The summed E-state index contributed by atoms with van der Waals surface area (Å²) in [5.41, 5.74) is -1.57. The molecule has 0 saturated heterocycles. The average Bonchev–Trinajstić information content (AvgIpc) is 2.88. The zero-order valence-electron chi connectivity index (χ0n) is 10.2. The van der Waals surface area contributed by atoms with Gasteiger partial charge in [-0.15, -0.1) is 11.3 Å². The van der Waals surface area contributed by atoms with Gasteiger partial charge in [-0.3, -0.25) is 14.3 Å². The SMILES string of the molecule is O=c1[nH]c(=O)n(CCNCCc2cccs2)cc1F. The molecule has 2 aromatic heterocycles. The first-order valence-electron chi connectivity index (χ1n) is 5.89. The molecule has 0 atom stereocenters. The second kappa shape index (κ2) is 6.44. The Morgan fingerprint density at radius 1 is 1.37 bits per heavy atom. The molecule has 0 amide bonds. The van der Waals surface area contributed by atoms with Crippen LogP contribution in [0.1, 0.15) is 4.88 Å². The van der Waals surface area contributed by atoms with Crippen molar-refractivity contribution in [2.45, 2.75) is 13.0 Å². The van der Waals surface area contributed by atoms with E-state index in [9.17, 15) is 14.0 Å². The molecule has 0 aliphatic carbocycles. The van der Waals surface area contributed by atoms with Crippen LogP contribution in [0.4, 0.5) is 4.39 Å². The molecule has 19 heavy (non-hydrogen) atoms. The molecule has 0 bridgehead atoms. The van der Waals surface area contributed by atoms with Gasteiger partial charge in [0.1, 0.15) is 0 Å². The lowest BCUT2D eigenvalue weighted by Gasteiger charge is -2.06. The summed E-state index contributed by atoms with van der Waals surface area (Å²) in [6.45, 7) is 1.65. The Bertz CT molecular complexity index is 633. The summed E-state index contributed by atoms with van der Waals surface area (Å²) in [6.07, 6.45) is 1.86. The van der Waals surface area contributed by atoms with Gasteiger partial charge in [-0.25, -0.2) is 4.79 Å². The minimum atomic E-state index is -0.980.